The van der Waals surface area contributed by atoms with E-state index in [-0.39, 0.29) is 17.4 Å². The normalized spacial score (nSPS) is 23.4. The van der Waals surface area contributed by atoms with Gasteiger partial charge in [0, 0.05) is 12.3 Å². The molecule has 1 aliphatic rings. The van der Waals surface area contributed by atoms with Gasteiger partial charge in [0.1, 0.15) is 23.3 Å². The van der Waals surface area contributed by atoms with Crippen molar-refractivity contribution < 1.29 is 27.4 Å². The van der Waals surface area contributed by atoms with Gasteiger partial charge >= 0.3 is 12.3 Å². The molecule has 1 amide bonds. The molecule has 3 N–H and O–H groups in total. The third-order valence-corrected chi connectivity index (χ3v) is 4.63. The fourth-order valence-corrected chi connectivity index (χ4v) is 2.66. The third-order valence-electron chi connectivity index (χ3n) is 4.63. The molecule has 0 saturated carbocycles. The van der Waals surface area contributed by atoms with E-state index in [4.69, 9.17) is 20.5 Å². The highest BCUT2D eigenvalue weighted by atomic mass is 19.4. The maximum Gasteiger partial charge on any atom is 0.424 e. The molecule has 31 heavy (non-hydrogen) atoms. The molecular weight excluding hydrogens is 417 g/mol. The number of alkyl halides is 3. The van der Waals surface area contributed by atoms with Crippen LogP contribution in [0.2, 0.25) is 0 Å². The van der Waals surface area contributed by atoms with Gasteiger partial charge in [-0.2, -0.15) is 18.4 Å². The summed E-state index contributed by atoms with van der Waals surface area (Å²) in [5.74, 6) is -0.695. The number of nitrogens with zero attached hydrogens (tertiary/aromatic N) is 4. The monoisotopic (exact) mass is 434 g/mol. The van der Waals surface area contributed by atoms with Crippen LogP contribution >= 0.6 is 0 Å². The molecular formula is C19H17F3N6O3. The van der Waals surface area contributed by atoms with Gasteiger partial charge in [-0.15, -0.1) is 0 Å². The number of nitriles is 1. The maximum atomic E-state index is 13.3. The molecule has 162 valence electrons. The van der Waals surface area contributed by atoms with Crippen molar-refractivity contribution in [2.75, 3.05) is 11.9 Å². The standard InChI is InChI=1S/C19H17F3N6O3/c1-17(10-30-18(2,15(24)28-17)19(20,21)22)12-4-3-5-13(26-12)27-16(29)31-14-7-6-11(8-23)9-25-14/h3-7,9H,10H2,1-2H3,(H2,24,28)(H,26,27,29). The van der Waals surface area contributed by atoms with Crippen LogP contribution in [0.15, 0.2) is 41.5 Å². The fourth-order valence-electron chi connectivity index (χ4n) is 2.66. The Kier molecular flexibility index (Phi) is 5.56. The first-order valence-electron chi connectivity index (χ1n) is 8.86. The minimum absolute atomic E-state index is 0.0379. The molecule has 3 rings (SSSR count). The molecule has 2 atom stereocenters. The Balaban J connectivity index is 1.77. The van der Waals surface area contributed by atoms with Crippen molar-refractivity contribution in [2.24, 2.45) is 10.7 Å². The minimum atomic E-state index is -4.73. The van der Waals surface area contributed by atoms with Gasteiger partial charge in [0.25, 0.3) is 0 Å². The van der Waals surface area contributed by atoms with Gasteiger partial charge in [-0.3, -0.25) is 10.3 Å². The van der Waals surface area contributed by atoms with E-state index in [1.807, 2.05) is 6.07 Å². The second-order valence-corrected chi connectivity index (χ2v) is 7.01. The van der Waals surface area contributed by atoms with Crippen LogP contribution < -0.4 is 15.8 Å². The molecule has 0 saturated heterocycles. The Morgan fingerprint density at radius 3 is 2.65 bits per heavy atom. The summed E-state index contributed by atoms with van der Waals surface area (Å²) in [5, 5.41) is 11.1. The largest absolute Gasteiger partial charge is 0.424 e. The number of amides is 1. The number of pyridine rings is 2. The van der Waals surface area contributed by atoms with E-state index in [1.165, 1.54) is 43.5 Å². The summed E-state index contributed by atoms with van der Waals surface area (Å²) < 4.78 is 49.9. The third kappa shape index (κ3) is 4.41. The molecule has 3 heterocycles. The highest BCUT2D eigenvalue weighted by Crippen LogP contribution is 2.40. The van der Waals surface area contributed by atoms with Crippen LogP contribution in [-0.4, -0.2) is 40.3 Å². The second-order valence-electron chi connectivity index (χ2n) is 7.01. The lowest BCUT2D eigenvalue weighted by Crippen LogP contribution is -2.60. The van der Waals surface area contributed by atoms with Gasteiger partial charge in [0.05, 0.1) is 17.9 Å². The smallest absolute Gasteiger partial charge is 0.391 e. The SMILES string of the molecule is CC1(c2cccc(NC(=O)Oc3ccc(C#N)cn3)n2)COC(C)(C(F)(F)F)C(N)=N1. The van der Waals surface area contributed by atoms with Crippen molar-refractivity contribution in [2.45, 2.75) is 31.2 Å². The van der Waals surface area contributed by atoms with Gasteiger partial charge < -0.3 is 15.2 Å². The van der Waals surface area contributed by atoms with Crippen molar-refractivity contribution in [3.8, 4) is 11.9 Å². The van der Waals surface area contributed by atoms with E-state index < -0.39 is 35.9 Å². The Morgan fingerprint density at radius 1 is 1.32 bits per heavy atom. The molecule has 2 aromatic rings. The highest BCUT2D eigenvalue weighted by Gasteiger charge is 2.59. The molecule has 1 aliphatic heterocycles. The summed E-state index contributed by atoms with van der Waals surface area (Å²) >= 11 is 0. The topological polar surface area (TPSA) is 136 Å². The number of hydrogen-bond donors (Lipinski definition) is 2. The average molecular weight is 434 g/mol. The summed E-state index contributed by atoms with van der Waals surface area (Å²) in [6.45, 7) is 1.89. The average Bonchev–Trinajstić information content (AvgIpc) is 2.71. The second kappa shape index (κ2) is 7.84. The van der Waals surface area contributed by atoms with Crippen LogP contribution in [-0.2, 0) is 10.3 Å². The zero-order valence-corrected chi connectivity index (χ0v) is 16.4. The van der Waals surface area contributed by atoms with Crippen molar-refractivity contribution in [1.82, 2.24) is 9.97 Å². The zero-order valence-electron chi connectivity index (χ0n) is 16.4. The number of amidine groups is 1. The fraction of sp³-hybridized carbons (Fsp3) is 0.316. The van der Waals surface area contributed by atoms with Gasteiger partial charge in [0.15, 0.2) is 0 Å². The van der Waals surface area contributed by atoms with Gasteiger partial charge in [-0.05, 0) is 32.0 Å². The molecule has 0 fully saturated rings. The molecule has 9 nitrogen and oxygen atoms in total. The lowest BCUT2D eigenvalue weighted by Gasteiger charge is -2.40. The molecule has 0 spiro atoms. The van der Waals surface area contributed by atoms with Crippen LogP contribution in [0, 0.1) is 11.3 Å². The molecule has 0 aliphatic carbocycles. The molecule has 0 radical (unpaired) electrons. The lowest BCUT2D eigenvalue weighted by atomic mass is 9.93. The predicted octanol–water partition coefficient (Wildman–Crippen LogP) is 2.88. The minimum Gasteiger partial charge on any atom is -0.391 e. The zero-order chi connectivity index (χ0) is 22.9. The summed E-state index contributed by atoms with van der Waals surface area (Å²) in [7, 11) is 0. The Bertz CT molecular complexity index is 1070. The number of nitrogens with two attached hydrogens (primary N) is 1. The number of hydrogen-bond acceptors (Lipinski definition) is 8. The number of nitrogens with one attached hydrogen (secondary N) is 1. The number of ether oxygens (including phenoxy) is 2. The summed E-state index contributed by atoms with van der Waals surface area (Å²) in [4.78, 5) is 24.1. The molecule has 0 bridgehead atoms. The first-order valence-corrected chi connectivity index (χ1v) is 8.86. The van der Waals surface area contributed by atoms with Crippen molar-refractivity contribution >= 4 is 17.7 Å². The van der Waals surface area contributed by atoms with Gasteiger partial charge in [0.2, 0.25) is 11.5 Å². The van der Waals surface area contributed by atoms with Crippen LogP contribution in [0.4, 0.5) is 23.8 Å². The molecule has 0 aromatic carbocycles. The van der Waals surface area contributed by atoms with E-state index in [0.29, 0.717) is 5.56 Å². The summed E-state index contributed by atoms with van der Waals surface area (Å²) in [5.41, 5.74) is 2.13. The van der Waals surface area contributed by atoms with Crippen LogP contribution in [0.1, 0.15) is 25.1 Å². The maximum absolute atomic E-state index is 13.3. The highest BCUT2D eigenvalue weighted by molar-refractivity contribution is 5.90. The number of carbonyl (C=O) groups excluding carboxylic acids is 1. The number of halogens is 3. The van der Waals surface area contributed by atoms with E-state index in [0.717, 1.165) is 6.92 Å². The van der Waals surface area contributed by atoms with Crippen molar-refractivity contribution in [3.63, 3.8) is 0 Å². The van der Waals surface area contributed by atoms with E-state index in [2.05, 4.69) is 20.3 Å². The van der Waals surface area contributed by atoms with Gasteiger partial charge in [-0.1, -0.05) is 6.07 Å². The predicted molar refractivity (Wildman–Crippen MR) is 102 cm³/mol. The molecule has 12 heteroatoms. The number of carbonyl (C=O) groups is 1. The van der Waals surface area contributed by atoms with Crippen LogP contribution in [0.3, 0.4) is 0 Å². The first-order chi connectivity index (χ1) is 14.5. The van der Waals surface area contributed by atoms with Gasteiger partial charge in [-0.25, -0.2) is 14.8 Å². The number of aliphatic imine (C=N–C) groups is 1. The van der Waals surface area contributed by atoms with Crippen molar-refractivity contribution in [1.29, 1.82) is 5.26 Å². The van der Waals surface area contributed by atoms with Crippen LogP contribution in [0.5, 0.6) is 5.88 Å². The van der Waals surface area contributed by atoms with E-state index in [9.17, 15) is 18.0 Å². The first kappa shape index (κ1) is 22.0. The summed E-state index contributed by atoms with van der Waals surface area (Å²) in [6.07, 6.45) is -4.40. The number of anilines is 1. The number of rotatable bonds is 3. The molecule has 2 unspecified atom stereocenters. The summed E-state index contributed by atoms with van der Waals surface area (Å²) in [6, 6.07) is 9.17. The van der Waals surface area contributed by atoms with Crippen LogP contribution in [0.25, 0.3) is 0 Å². The Hall–Kier alpha value is -3.72. The lowest BCUT2D eigenvalue weighted by molar-refractivity contribution is -0.249. The number of aromatic nitrogens is 2. The quantitative estimate of drug-likeness (QED) is 0.758. The van der Waals surface area contributed by atoms with E-state index in [1.54, 1.807) is 0 Å². The Labute approximate surface area is 174 Å². The van der Waals surface area contributed by atoms with Crippen molar-refractivity contribution in [3.05, 3.63) is 47.8 Å². The Morgan fingerprint density at radius 2 is 2.06 bits per heavy atom. The van der Waals surface area contributed by atoms with E-state index >= 15 is 0 Å². The molecule has 2 aromatic heterocycles.